The van der Waals surface area contributed by atoms with E-state index >= 15 is 0 Å². The highest BCUT2D eigenvalue weighted by Crippen LogP contribution is 2.22. The number of carbonyl (C=O) groups excluding carboxylic acids is 2. The van der Waals surface area contributed by atoms with Gasteiger partial charge in [0.05, 0.1) is 5.56 Å². The molecule has 0 aliphatic rings. The number of esters is 1. The fourth-order valence-corrected chi connectivity index (χ4v) is 2.34. The van der Waals surface area contributed by atoms with Gasteiger partial charge in [0.2, 0.25) is 0 Å². The summed E-state index contributed by atoms with van der Waals surface area (Å²) in [6, 6.07) is 24.0. The van der Waals surface area contributed by atoms with Crippen LogP contribution in [0, 0.1) is 0 Å². The van der Waals surface area contributed by atoms with E-state index in [1.807, 2.05) is 42.5 Å². The molecule has 0 saturated heterocycles. The largest absolute Gasteiger partial charge is 0.482 e. The monoisotopic (exact) mass is 332 g/mol. The van der Waals surface area contributed by atoms with Crippen LogP contribution >= 0.6 is 0 Å². The molecular weight excluding hydrogens is 316 g/mol. The molecule has 0 aromatic heterocycles. The molecule has 0 N–H and O–H groups in total. The highest BCUT2D eigenvalue weighted by molar-refractivity contribution is 5.82. The van der Waals surface area contributed by atoms with Crippen molar-refractivity contribution >= 4 is 12.3 Å². The summed E-state index contributed by atoms with van der Waals surface area (Å²) < 4.78 is 10.6. The van der Waals surface area contributed by atoms with E-state index in [0.717, 1.165) is 11.1 Å². The van der Waals surface area contributed by atoms with Gasteiger partial charge >= 0.3 is 5.97 Å². The van der Waals surface area contributed by atoms with Crippen LogP contribution in [0.15, 0.2) is 78.9 Å². The zero-order valence-corrected chi connectivity index (χ0v) is 13.4. The fourth-order valence-electron chi connectivity index (χ4n) is 2.34. The van der Waals surface area contributed by atoms with Gasteiger partial charge in [-0.25, -0.2) is 4.79 Å². The summed E-state index contributed by atoms with van der Waals surface area (Å²) in [5.74, 6) is 0.229. The molecule has 0 bridgehead atoms. The third-order valence-corrected chi connectivity index (χ3v) is 3.59. The first-order valence-corrected chi connectivity index (χ1v) is 7.79. The van der Waals surface area contributed by atoms with Crippen LogP contribution in [0.5, 0.6) is 11.5 Å². The molecule has 0 atom stereocenters. The molecule has 25 heavy (non-hydrogen) atoms. The van der Waals surface area contributed by atoms with Crippen molar-refractivity contribution in [2.45, 2.75) is 0 Å². The molecule has 124 valence electrons. The summed E-state index contributed by atoms with van der Waals surface area (Å²) in [6.45, 7) is -0.238. The minimum Gasteiger partial charge on any atom is -0.482 e. The number of rotatable bonds is 6. The minimum atomic E-state index is -0.568. The Morgan fingerprint density at radius 3 is 2.16 bits per heavy atom. The molecule has 4 nitrogen and oxygen atoms in total. The predicted molar refractivity (Wildman–Crippen MR) is 94.8 cm³/mol. The number of hydrogen-bond acceptors (Lipinski definition) is 4. The van der Waals surface area contributed by atoms with E-state index in [-0.39, 0.29) is 12.4 Å². The van der Waals surface area contributed by atoms with Crippen LogP contribution < -0.4 is 9.47 Å². The number of ether oxygens (including phenoxy) is 2. The maximum atomic E-state index is 11.9. The highest BCUT2D eigenvalue weighted by atomic mass is 16.6. The van der Waals surface area contributed by atoms with Crippen molar-refractivity contribution in [3.63, 3.8) is 0 Å². The molecule has 0 unspecified atom stereocenters. The van der Waals surface area contributed by atoms with Gasteiger partial charge in [-0.05, 0) is 35.4 Å². The fraction of sp³-hybridized carbons (Fsp3) is 0.0476. The first kappa shape index (κ1) is 16.5. The van der Waals surface area contributed by atoms with E-state index in [0.29, 0.717) is 17.6 Å². The molecular formula is C21H16O4. The highest BCUT2D eigenvalue weighted by Gasteiger charge is 2.09. The van der Waals surface area contributed by atoms with Crippen LogP contribution in [-0.2, 0) is 4.79 Å². The summed E-state index contributed by atoms with van der Waals surface area (Å²) >= 11 is 0. The van der Waals surface area contributed by atoms with Crippen molar-refractivity contribution in [1.29, 1.82) is 0 Å². The molecule has 0 aliphatic carbocycles. The summed E-state index contributed by atoms with van der Waals surface area (Å²) in [5.41, 5.74) is 2.50. The van der Waals surface area contributed by atoms with Gasteiger partial charge in [0.15, 0.2) is 12.9 Å². The molecule has 0 heterocycles. The lowest BCUT2D eigenvalue weighted by molar-refractivity contribution is -0.136. The lowest BCUT2D eigenvalue weighted by atomic mass is 10.1. The van der Waals surface area contributed by atoms with Crippen molar-refractivity contribution in [3.8, 4) is 22.6 Å². The topological polar surface area (TPSA) is 52.6 Å². The second kappa shape index (κ2) is 7.93. The third kappa shape index (κ3) is 4.32. The van der Waals surface area contributed by atoms with Crippen molar-refractivity contribution in [2.75, 3.05) is 6.61 Å². The second-order valence-corrected chi connectivity index (χ2v) is 5.31. The first-order chi connectivity index (χ1) is 12.3. The number of benzene rings is 3. The van der Waals surface area contributed by atoms with Crippen molar-refractivity contribution < 1.29 is 19.1 Å². The van der Waals surface area contributed by atoms with Gasteiger partial charge in [0.1, 0.15) is 11.5 Å². The zero-order chi connectivity index (χ0) is 17.5. The van der Waals surface area contributed by atoms with Gasteiger partial charge < -0.3 is 9.47 Å². The summed E-state index contributed by atoms with van der Waals surface area (Å²) in [7, 11) is 0. The first-order valence-electron chi connectivity index (χ1n) is 7.79. The van der Waals surface area contributed by atoms with Gasteiger partial charge in [-0.15, -0.1) is 0 Å². The van der Waals surface area contributed by atoms with E-state index in [4.69, 9.17) is 9.47 Å². The predicted octanol–water partition coefficient (Wildman–Crippen LogP) is 4.15. The minimum absolute atomic E-state index is 0.227. The Kier molecular flexibility index (Phi) is 5.22. The Bertz CT molecular complexity index is 855. The number of aldehydes is 1. The van der Waals surface area contributed by atoms with Crippen LogP contribution in [0.1, 0.15) is 10.4 Å². The molecule has 0 spiro atoms. The SMILES string of the molecule is O=Cc1ccccc1OC(=O)COc1ccc(-c2ccccc2)cc1. The maximum Gasteiger partial charge on any atom is 0.349 e. The van der Waals surface area contributed by atoms with Crippen LogP contribution in [0.25, 0.3) is 11.1 Å². The Hall–Kier alpha value is -3.40. The normalized spacial score (nSPS) is 10.1. The smallest absolute Gasteiger partial charge is 0.349 e. The molecule has 3 rings (SSSR count). The van der Waals surface area contributed by atoms with E-state index in [1.165, 1.54) is 0 Å². The zero-order valence-electron chi connectivity index (χ0n) is 13.4. The third-order valence-electron chi connectivity index (χ3n) is 3.59. The van der Waals surface area contributed by atoms with Crippen molar-refractivity contribution in [3.05, 3.63) is 84.4 Å². The number of hydrogen-bond donors (Lipinski definition) is 0. The van der Waals surface area contributed by atoms with Crippen LogP contribution in [0.3, 0.4) is 0 Å². The Morgan fingerprint density at radius 2 is 1.44 bits per heavy atom. The van der Waals surface area contributed by atoms with Gasteiger partial charge in [0.25, 0.3) is 0 Å². The Labute approximate surface area is 145 Å². The molecule has 3 aromatic carbocycles. The molecule has 0 aliphatic heterocycles. The van der Waals surface area contributed by atoms with Crippen LogP contribution in [-0.4, -0.2) is 18.9 Å². The van der Waals surface area contributed by atoms with Crippen molar-refractivity contribution in [2.24, 2.45) is 0 Å². The number of carbonyl (C=O) groups is 2. The van der Waals surface area contributed by atoms with E-state index in [2.05, 4.69) is 0 Å². The van der Waals surface area contributed by atoms with Gasteiger partial charge in [-0.1, -0.05) is 54.6 Å². The van der Waals surface area contributed by atoms with Gasteiger partial charge in [-0.2, -0.15) is 0 Å². The van der Waals surface area contributed by atoms with E-state index in [9.17, 15) is 9.59 Å². The Balaban J connectivity index is 1.58. The quantitative estimate of drug-likeness (QED) is 0.386. The molecule has 3 aromatic rings. The van der Waals surface area contributed by atoms with Gasteiger partial charge in [0, 0.05) is 0 Å². The lowest BCUT2D eigenvalue weighted by Gasteiger charge is -2.09. The second-order valence-electron chi connectivity index (χ2n) is 5.31. The standard InChI is InChI=1S/C21H16O4/c22-14-18-8-4-5-9-20(18)25-21(23)15-24-19-12-10-17(11-13-19)16-6-2-1-3-7-16/h1-14H,15H2. The maximum absolute atomic E-state index is 11.9. The van der Waals surface area contributed by atoms with Crippen molar-refractivity contribution in [1.82, 2.24) is 0 Å². The Morgan fingerprint density at radius 1 is 0.800 bits per heavy atom. The average Bonchev–Trinajstić information content (AvgIpc) is 2.68. The molecule has 0 amide bonds. The van der Waals surface area contributed by atoms with Crippen LogP contribution in [0.2, 0.25) is 0 Å². The van der Waals surface area contributed by atoms with E-state index in [1.54, 1.807) is 36.4 Å². The summed E-state index contributed by atoms with van der Waals surface area (Å²) in [4.78, 5) is 22.8. The molecule has 4 heteroatoms. The van der Waals surface area contributed by atoms with Crippen LogP contribution in [0.4, 0.5) is 0 Å². The molecule has 0 saturated carbocycles. The summed E-state index contributed by atoms with van der Waals surface area (Å²) in [5, 5.41) is 0. The van der Waals surface area contributed by atoms with Gasteiger partial charge in [-0.3, -0.25) is 4.79 Å². The number of para-hydroxylation sites is 1. The molecule has 0 fully saturated rings. The lowest BCUT2D eigenvalue weighted by Crippen LogP contribution is -2.18. The molecule has 0 radical (unpaired) electrons. The summed E-state index contributed by atoms with van der Waals surface area (Å²) in [6.07, 6.45) is 0.645. The average molecular weight is 332 g/mol. The van der Waals surface area contributed by atoms with E-state index < -0.39 is 5.97 Å².